The molecule has 3 aromatic carbocycles. The quantitative estimate of drug-likeness (QED) is 0.213. The maximum absolute atomic E-state index is 15.2. The van der Waals surface area contributed by atoms with Gasteiger partial charge in [-0.25, -0.2) is 17.8 Å². The Morgan fingerprint density at radius 1 is 1.02 bits per heavy atom. The molecule has 2 N–H and O–H groups in total. The second-order valence-electron chi connectivity index (χ2n) is 11.7. The third-order valence-electron chi connectivity index (χ3n) is 8.02. The second-order valence-corrected chi connectivity index (χ2v) is 13.6. The standard InChI is InChI=1S/C33H27F3N4O7S/c1-16-37-30(18-5-9-27-28(12-18)47-33(35,36)46-27)31(45-16)22-10-17(19-11-24(34)23(15-41)29(13-19)48(3,43)44)4-8-21(22)26-14-25(39-40(26)2)32(42)38-20-6-7-20/h4-5,8-14,20,41H,6-7,15H2,1-3H3,(H,38,42). The normalized spacial score (nSPS) is 15.1. The van der Waals surface area contributed by atoms with Crippen LogP contribution in [0.15, 0.2) is 63.9 Å². The van der Waals surface area contributed by atoms with Crippen molar-refractivity contribution in [2.45, 2.75) is 43.6 Å². The van der Waals surface area contributed by atoms with Gasteiger partial charge in [0.25, 0.3) is 5.91 Å². The fourth-order valence-corrected chi connectivity index (χ4v) is 6.57. The SMILES string of the molecule is Cc1nc(-c2ccc3c(c2)OC(F)(F)O3)c(-c2cc(-c3cc(F)c(CO)c(S(C)(=O)=O)c3)ccc2-c2cc(C(=O)NC3CC3)nn2C)o1. The molecule has 48 heavy (non-hydrogen) atoms. The lowest BCUT2D eigenvalue weighted by atomic mass is 9.93. The highest BCUT2D eigenvalue weighted by Crippen LogP contribution is 2.46. The van der Waals surface area contributed by atoms with Crippen molar-refractivity contribution in [2.24, 2.45) is 7.05 Å². The first-order chi connectivity index (χ1) is 22.7. The zero-order chi connectivity index (χ0) is 34.1. The minimum Gasteiger partial charge on any atom is -0.440 e. The van der Waals surface area contributed by atoms with E-state index in [4.69, 9.17) is 4.42 Å². The Morgan fingerprint density at radius 3 is 2.46 bits per heavy atom. The molecule has 0 atom stereocenters. The van der Waals surface area contributed by atoms with Crippen molar-refractivity contribution < 1.29 is 45.4 Å². The van der Waals surface area contributed by atoms with E-state index in [0.717, 1.165) is 25.2 Å². The number of nitrogens with zero attached hydrogens (tertiary/aromatic N) is 3. The lowest BCUT2D eigenvalue weighted by molar-refractivity contribution is -0.286. The number of halogens is 3. The second kappa shape index (κ2) is 11.2. The molecule has 2 aromatic heterocycles. The molecule has 0 unspecified atom stereocenters. The summed E-state index contributed by atoms with van der Waals surface area (Å²) in [4.78, 5) is 17.0. The van der Waals surface area contributed by atoms with Crippen molar-refractivity contribution in [2.75, 3.05) is 6.26 Å². The molecule has 0 bridgehead atoms. The number of ether oxygens (including phenoxy) is 2. The smallest absolute Gasteiger partial charge is 0.440 e. The first kappa shape index (κ1) is 31.4. The van der Waals surface area contributed by atoms with Gasteiger partial charge in [-0.1, -0.05) is 12.1 Å². The van der Waals surface area contributed by atoms with Gasteiger partial charge in [0.2, 0.25) is 0 Å². The Kier molecular flexibility index (Phi) is 7.36. The van der Waals surface area contributed by atoms with Crippen LogP contribution in [0.1, 0.15) is 34.8 Å². The summed E-state index contributed by atoms with van der Waals surface area (Å²) in [6.07, 6.45) is -1.13. The molecule has 1 aliphatic carbocycles. The van der Waals surface area contributed by atoms with Crippen LogP contribution in [0, 0.1) is 12.7 Å². The molecule has 0 radical (unpaired) electrons. The third-order valence-corrected chi connectivity index (χ3v) is 9.18. The first-order valence-corrected chi connectivity index (χ1v) is 16.6. The highest BCUT2D eigenvalue weighted by Gasteiger charge is 2.43. The summed E-state index contributed by atoms with van der Waals surface area (Å²) in [6.45, 7) is 0.779. The Hall–Kier alpha value is -5.15. The van der Waals surface area contributed by atoms with Crippen LogP contribution in [0.25, 0.3) is 45.0 Å². The number of oxazole rings is 1. The van der Waals surface area contributed by atoms with E-state index in [9.17, 15) is 27.1 Å². The molecule has 0 spiro atoms. The van der Waals surface area contributed by atoms with Gasteiger partial charge in [0.1, 0.15) is 11.5 Å². The molecule has 248 valence electrons. The first-order valence-electron chi connectivity index (χ1n) is 14.7. The maximum Gasteiger partial charge on any atom is 0.586 e. The number of fused-ring (bicyclic) bond motifs is 1. The van der Waals surface area contributed by atoms with E-state index in [1.165, 1.54) is 28.9 Å². The zero-order valence-electron chi connectivity index (χ0n) is 25.7. The van der Waals surface area contributed by atoms with Crippen LogP contribution in [0.5, 0.6) is 11.5 Å². The molecule has 15 heteroatoms. The molecule has 1 fully saturated rings. The number of benzene rings is 3. The Bertz CT molecular complexity index is 2240. The van der Waals surface area contributed by atoms with Crippen LogP contribution in [-0.4, -0.2) is 52.8 Å². The number of sulfone groups is 1. The van der Waals surface area contributed by atoms with Crippen LogP contribution in [0.2, 0.25) is 0 Å². The summed E-state index contributed by atoms with van der Waals surface area (Å²) in [5.41, 5.74) is 2.39. The number of hydrogen-bond acceptors (Lipinski definition) is 9. The molecule has 7 rings (SSSR count). The van der Waals surface area contributed by atoms with Crippen LogP contribution in [0.4, 0.5) is 13.2 Å². The molecule has 2 aliphatic rings. The number of aliphatic hydroxyl groups excluding tert-OH is 1. The van der Waals surface area contributed by atoms with Crippen LogP contribution >= 0.6 is 0 Å². The molecule has 1 amide bonds. The highest BCUT2D eigenvalue weighted by molar-refractivity contribution is 7.90. The van der Waals surface area contributed by atoms with Crippen LogP contribution < -0.4 is 14.8 Å². The zero-order valence-corrected chi connectivity index (χ0v) is 26.5. The minimum absolute atomic E-state index is 0.105. The largest absolute Gasteiger partial charge is 0.586 e. The number of amides is 1. The number of aromatic nitrogens is 3. The molecule has 0 saturated heterocycles. The molecule has 5 aromatic rings. The van der Waals surface area contributed by atoms with Crippen molar-refractivity contribution in [3.63, 3.8) is 0 Å². The molecular weight excluding hydrogens is 653 g/mol. The number of hydrogen-bond donors (Lipinski definition) is 2. The summed E-state index contributed by atoms with van der Waals surface area (Å²) < 4.78 is 84.8. The predicted molar refractivity (Wildman–Crippen MR) is 165 cm³/mol. The minimum atomic E-state index is -3.93. The van der Waals surface area contributed by atoms with E-state index in [1.54, 1.807) is 38.2 Å². The van der Waals surface area contributed by atoms with Gasteiger partial charge >= 0.3 is 6.29 Å². The van der Waals surface area contributed by atoms with E-state index >= 15 is 4.39 Å². The molecule has 3 heterocycles. The topological polar surface area (TPSA) is 146 Å². The molecular formula is C33H27F3N4O7S. The monoisotopic (exact) mass is 680 g/mol. The average Bonchev–Trinajstić information content (AvgIpc) is 3.47. The van der Waals surface area contributed by atoms with E-state index < -0.39 is 28.6 Å². The summed E-state index contributed by atoms with van der Waals surface area (Å²) in [7, 11) is -2.27. The summed E-state index contributed by atoms with van der Waals surface area (Å²) in [5, 5.41) is 17.0. The maximum atomic E-state index is 15.2. The predicted octanol–water partition coefficient (Wildman–Crippen LogP) is 5.63. The Labute approximate surface area is 271 Å². The van der Waals surface area contributed by atoms with Crippen LogP contribution in [0.3, 0.4) is 0 Å². The molecule has 1 aliphatic heterocycles. The fraction of sp³-hybridized carbons (Fsp3) is 0.242. The lowest BCUT2D eigenvalue weighted by Crippen LogP contribution is -2.25. The van der Waals surface area contributed by atoms with Crippen molar-refractivity contribution in [3.8, 4) is 56.5 Å². The van der Waals surface area contributed by atoms with E-state index in [0.29, 0.717) is 27.9 Å². The fourth-order valence-electron chi connectivity index (χ4n) is 5.62. The van der Waals surface area contributed by atoms with Gasteiger partial charge in [-0.3, -0.25) is 9.48 Å². The van der Waals surface area contributed by atoms with E-state index in [2.05, 4.69) is 24.9 Å². The highest BCUT2D eigenvalue weighted by atomic mass is 32.2. The Morgan fingerprint density at radius 2 is 1.75 bits per heavy atom. The van der Waals surface area contributed by atoms with Gasteiger partial charge in [0, 0.05) is 48.5 Å². The number of carbonyl (C=O) groups is 1. The van der Waals surface area contributed by atoms with Gasteiger partial charge in [-0.15, -0.1) is 8.78 Å². The third kappa shape index (κ3) is 5.79. The van der Waals surface area contributed by atoms with Gasteiger partial charge in [-0.2, -0.15) is 5.10 Å². The van der Waals surface area contributed by atoms with Crippen molar-refractivity contribution in [1.82, 2.24) is 20.1 Å². The van der Waals surface area contributed by atoms with Gasteiger partial charge in [0.05, 0.1) is 17.2 Å². The summed E-state index contributed by atoms with van der Waals surface area (Å²) in [6, 6.07) is 13.2. The number of nitrogens with one attached hydrogen (secondary N) is 1. The van der Waals surface area contributed by atoms with Gasteiger partial charge < -0.3 is 24.3 Å². The number of aryl methyl sites for hydroxylation is 2. The lowest BCUT2D eigenvalue weighted by Gasteiger charge is -2.14. The molecule has 11 nitrogen and oxygen atoms in total. The number of alkyl halides is 2. The van der Waals surface area contributed by atoms with Crippen molar-refractivity contribution in [1.29, 1.82) is 0 Å². The van der Waals surface area contributed by atoms with E-state index in [1.807, 2.05) is 0 Å². The average molecular weight is 681 g/mol. The summed E-state index contributed by atoms with van der Waals surface area (Å²) in [5.74, 6) is -1.19. The van der Waals surface area contributed by atoms with Gasteiger partial charge in [-0.05, 0) is 66.4 Å². The summed E-state index contributed by atoms with van der Waals surface area (Å²) >= 11 is 0. The van der Waals surface area contributed by atoms with Gasteiger partial charge in [0.15, 0.2) is 38.7 Å². The number of carbonyl (C=O) groups excluding carboxylic acids is 1. The van der Waals surface area contributed by atoms with Crippen molar-refractivity contribution >= 4 is 15.7 Å². The van der Waals surface area contributed by atoms with E-state index in [-0.39, 0.29) is 62.5 Å². The number of rotatable bonds is 8. The van der Waals surface area contributed by atoms with Crippen molar-refractivity contribution in [3.05, 3.63) is 77.6 Å². The Balaban J connectivity index is 1.42. The number of aliphatic hydroxyl groups is 1. The molecule has 1 saturated carbocycles. The van der Waals surface area contributed by atoms with Crippen LogP contribution in [-0.2, 0) is 23.5 Å².